The maximum Gasteiger partial charge on any atom is 0.324 e. The smallest absolute Gasteiger partial charge is 0.311 e. The second-order valence-corrected chi connectivity index (χ2v) is 3.64. The van der Waals surface area contributed by atoms with Gasteiger partial charge in [0.05, 0.1) is 0 Å². The molecule has 15 heavy (non-hydrogen) atoms. The van der Waals surface area contributed by atoms with Crippen LogP contribution in [-0.4, -0.2) is 23.4 Å². The van der Waals surface area contributed by atoms with E-state index in [4.69, 9.17) is 0 Å². The maximum absolute atomic E-state index is 11.3. The molecule has 1 aromatic carbocycles. The predicted molar refractivity (Wildman–Crippen MR) is 55.1 cm³/mol. The second kappa shape index (κ2) is 3.73. The third-order valence-electron chi connectivity index (χ3n) is 2.49. The molecule has 0 bridgehead atoms. The van der Waals surface area contributed by atoms with Crippen molar-refractivity contribution in [2.75, 3.05) is 6.54 Å². The molecule has 4 heteroatoms. The van der Waals surface area contributed by atoms with E-state index in [1.807, 2.05) is 31.2 Å². The monoisotopic (exact) mass is 204 g/mol. The molecule has 1 N–H and O–H groups in total. The van der Waals surface area contributed by atoms with Gasteiger partial charge in [-0.3, -0.25) is 10.1 Å². The Morgan fingerprint density at radius 1 is 1.33 bits per heavy atom. The van der Waals surface area contributed by atoms with Crippen molar-refractivity contribution in [1.82, 2.24) is 10.2 Å². The van der Waals surface area contributed by atoms with Gasteiger partial charge in [0.2, 0.25) is 5.91 Å². The van der Waals surface area contributed by atoms with Crippen LogP contribution in [0.15, 0.2) is 24.3 Å². The van der Waals surface area contributed by atoms with Crippen LogP contribution in [0.2, 0.25) is 0 Å². The first-order valence-corrected chi connectivity index (χ1v) is 4.80. The molecular weight excluding hydrogens is 192 g/mol. The number of imide groups is 1. The van der Waals surface area contributed by atoms with Gasteiger partial charge < -0.3 is 4.90 Å². The summed E-state index contributed by atoms with van der Waals surface area (Å²) in [5.41, 5.74) is 2.20. The van der Waals surface area contributed by atoms with E-state index in [0.717, 1.165) is 11.1 Å². The Kier molecular flexibility index (Phi) is 2.41. The lowest BCUT2D eigenvalue weighted by molar-refractivity contribution is -0.118. The third kappa shape index (κ3) is 1.98. The van der Waals surface area contributed by atoms with E-state index >= 15 is 0 Å². The molecule has 2 rings (SSSR count). The number of nitrogens with zero attached hydrogens (tertiary/aromatic N) is 1. The molecular formula is C11H12N2O2. The third-order valence-corrected chi connectivity index (χ3v) is 2.49. The van der Waals surface area contributed by atoms with Crippen LogP contribution in [0.1, 0.15) is 11.1 Å². The first-order chi connectivity index (χ1) is 7.16. The van der Waals surface area contributed by atoms with Crippen molar-refractivity contribution in [2.45, 2.75) is 13.5 Å². The molecule has 0 spiro atoms. The summed E-state index contributed by atoms with van der Waals surface area (Å²) in [6.07, 6.45) is 0. The standard InChI is InChI=1S/C11H12N2O2/c1-8-4-2-3-5-9(8)6-13-7-10(14)12-11(13)15/h2-5H,6-7H2,1H3,(H,12,14,15). The number of carbonyl (C=O) groups excluding carboxylic acids is 2. The molecule has 0 aliphatic carbocycles. The maximum atomic E-state index is 11.3. The summed E-state index contributed by atoms with van der Waals surface area (Å²) < 4.78 is 0. The van der Waals surface area contributed by atoms with Crippen LogP contribution >= 0.6 is 0 Å². The fourth-order valence-corrected chi connectivity index (χ4v) is 1.60. The van der Waals surface area contributed by atoms with Crippen LogP contribution in [0, 0.1) is 6.92 Å². The summed E-state index contributed by atoms with van der Waals surface area (Å²) >= 11 is 0. The van der Waals surface area contributed by atoms with Crippen molar-refractivity contribution < 1.29 is 9.59 Å². The van der Waals surface area contributed by atoms with Crippen LogP contribution in [0.5, 0.6) is 0 Å². The van der Waals surface area contributed by atoms with Crippen molar-refractivity contribution in [3.05, 3.63) is 35.4 Å². The van der Waals surface area contributed by atoms with E-state index in [1.165, 1.54) is 4.90 Å². The highest BCUT2D eigenvalue weighted by Gasteiger charge is 2.26. The first kappa shape index (κ1) is 9.71. The van der Waals surface area contributed by atoms with Crippen molar-refractivity contribution in [3.8, 4) is 0 Å². The van der Waals surface area contributed by atoms with Crippen LogP contribution in [0.3, 0.4) is 0 Å². The Morgan fingerprint density at radius 3 is 2.67 bits per heavy atom. The van der Waals surface area contributed by atoms with Crippen LogP contribution in [-0.2, 0) is 11.3 Å². The molecule has 0 saturated carbocycles. The molecule has 78 valence electrons. The molecule has 1 fully saturated rings. The largest absolute Gasteiger partial charge is 0.324 e. The summed E-state index contributed by atoms with van der Waals surface area (Å²) in [6.45, 7) is 2.64. The minimum Gasteiger partial charge on any atom is -0.311 e. The van der Waals surface area contributed by atoms with Gasteiger partial charge in [-0.2, -0.15) is 0 Å². The number of aryl methyl sites for hydroxylation is 1. The molecule has 1 aliphatic heterocycles. The van der Waals surface area contributed by atoms with Gasteiger partial charge in [-0.15, -0.1) is 0 Å². The number of amides is 3. The summed E-state index contributed by atoms with van der Waals surface area (Å²) in [6, 6.07) is 7.53. The van der Waals surface area contributed by atoms with Crippen molar-refractivity contribution in [3.63, 3.8) is 0 Å². The summed E-state index contributed by atoms with van der Waals surface area (Å²) in [4.78, 5) is 23.8. The minimum atomic E-state index is -0.303. The summed E-state index contributed by atoms with van der Waals surface area (Å²) in [7, 11) is 0. The Morgan fingerprint density at radius 2 is 2.07 bits per heavy atom. The van der Waals surface area contributed by atoms with Gasteiger partial charge in [0.1, 0.15) is 6.54 Å². The van der Waals surface area contributed by atoms with Crippen LogP contribution in [0.4, 0.5) is 4.79 Å². The SMILES string of the molecule is Cc1ccccc1CN1CC(=O)NC1=O. The topological polar surface area (TPSA) is 49.4 Å². The van der Waals surface area contributed by atoms with Gasteiger partial charge in [-0.1, -0.05) is 24.3 Å². The van der Waals surface area contributed by atoms with Gasteiger partial charge in [0.15, 0.2) is 0 Å². The highest BCUT2D eigenvalue weighted by molar-refractivity contribution is 6.01. The predicted octanol–water partition coefficient (Wildman–Crippen LogP) is 1.05. The number of hydrogen-bond acceptors (Lipinski definition) is 2. The fraction of sp³-hybridized carbons (Fsp3) is 0.273. The normalized spacial score (nSPS) is 15.7. The average Bonchev–Trinajstić information content (AvgIpc) is 2.49. The molecule has 1 heterocycles. The van der Waals surface area contributed by atoms with Crippen molar-refractivity contribution in [2.24, 2.45) is 0 Å². The number of urea groups is 1. The van der Waals surface area contributed by atoms with Gasteiger partial charge in [0.25, 0.3) is 0 Å². The Labute approximate surface area is 87.9 Å². The summed E-state index contributed by atoms with van der Waals surface area (Å²) in [5, 5.41) is 2.25. The van der Waals surface area contributed by atoms with E-state index in [0.29, 0.717) is 6.54 Å². The van der Waals surface area contributed by atoms with E-state index < -0.39 is 0 Å². The lowest BCUT2D eigenvalue weighted by Crippen LogP contribution is -2.27. The molecule has 0 aromatic heterocycles. The van der Waals surface area contributed by atoms with Gasteiger partial charge in [-0.05, 0) is 18.1 Å². The van der Waals surface area contributed by atoms with E-state index in [9.17, 15) is 9.59 Å². The molecule has 0 unspecified atom stereocenters. The summed E-state index contributed by atoms with van der Waals surface area (Å²) in [5.74, 6) is -0.228. The average molecular weight is 204 g/mol. The van der Waals surface area contributed by atoms with Gasteiger partial charge >= 0.3 is 6.03 Å². The number of rotatable bonds is 2. The zero-order valence-corrected chi connectivity index (χ0v) is 8.49. The first-order valence-electron chi connectivity index (χ1n) is 4.80. The number of nitrogens with one attached hydrogen (secondary N) is 1. The van der Waals surface area contributed by atoms with Gasteiger partial charge in [-0.25, -0.2) is 4.79 Å². The molecule has 4 nitrogen and oxygen atoms in total. The van der Waals surface area contributed by atoms with E-state index in [2.05, 4.69) is 5.32 Å². The number of benzene rings is 1. The van der Waals surface area contributed by atoms with E-state index in [-0.39, 0.29) is 18.5 Å². The van der Waals surface area contributed by atoms with Crippen molar-refractivity contribution in [1.29, 1.82) is 0 Å². The lowest BCUT2D eigenvalue weighted by Gasteiger charge is -2.14. The van der Waals surface area contributed by atoms with E-state index in [1.54, 1.807) is 0 Å². The Bertz CT molecular complexity index is 415. The fourth-order valence-electron chi connectivity index (χ4n) is 1.60. The quantitative estimate of drug-likeness (QED) is 0.732. The Hall–Kier alpha value is -1.84. The highest BCUT2D eigenvalue weighted by atomic mass is 16.2. The van der Waals surface area contributed by atoms with Crippen molar-refractivity contribution >= 4 is 11.9 Å². The number of hydrogen-bond donors (Lipinski definition) is 1. The molecule has 1 aromatic rings. The van der Waals surface area contributed by atoms with Crippen LogP contribution in [0.25, 0.3) is 0 Å². The van der Waals surface area contributed by atoms with Crippen LogP contribution < -0.4 is 5.32 Å². The molecule has 3 amide bonds. The zero-order chi connectivity index (χ0) is 10.8. The Balaban J connectivity index is 2.13. The zero-order valence-electron chi connectivity index (χ0n) is 8.49. The molecule has 1 aliphatic rings. The molecule has 0 radical (unpaired) electrons. The second-order valence-electron chi connectivity index (χ2n) is 3.64. The lowest BCUT2D eigenvalue weighted by atomic mass is 10.1. The number of carbonyl (C=O) groups is 2. The van der Waals surface area contributed by atoms with Gasteiger partial charge in [0, 0.05) is 6.54 Å². The highest BCUT2D eigenvalue weighted by Crippen LogP contribution is 2.11. The molecule has 1 saturated heterocycles. The minimum absolute atomic E-state index is 0.160. The molecule has 0 atom stereocenters.